The normalized spacial score (nSPS) is 34.1. The Labute approximate surface area is 83.9 Å². The maximum Gasteiger partial charge on any atom is 0.223 e. The van der Waals surface area contributed by atoms with Crippen molar-refractivity contribution in [1.29, 1.82) is 0 Å². The van der Waals surface area contributed by atoms with Crippen molar-refractivity contribution >= 4 is 5.91 Å². The molecule has 4 N–H and O–H groups in total. The van der Waals surface area contributed by atoms with Crippen molar-refractivity contribution in [3.63, 3.8) is 0 Å². The van der Waals surface area contributed by atoms with E-state index in [4.69, 9.17) is 10.8 Å². The Kier molecular flexibility index (Phi) is 2.49. The van der Waals surface area contributed by atoms with Gasteiger partial charge in [-0.05, 0) is 32.1 Å². The van der Waals surface area contributed by atoms with E-state index in [0.29, 0.717) is 0 Å². The van der Waals surface area contributed by atoms with E-state index in [1.807, 2.05) is 0 Å². The molecule has 4 heteroatoms. The van der Waals surface area contributed by atoms with Crippen LogP contribution in [0.2, 0.25) is 0 Å². The first-order valence-electron chi connectivity index (χ1n) is 5.34. The number of hydrogen-bond donors (Lipinski definition) is 3. The number of nitrogens with two attached hydrogens (primary N) is 1. The number of carbonyl (C=O) groups excluding carboxylic acids is 1. The Morgan fingerprint density at radius 2 is 2.21 bits per heavy atom. The molecule has 2 aliphatic carbocycles. The zero-order valence-corrected chi connectivity index (χ0v) is 8.33. The van der Waals surface area contributed by atoms with E-state index in [1.54, 1.807) is 0 Å². The van der Waals surface area contributed by atoms with Crippen molar-refractivity contribution in [2.45, 2.75) is 43.7 Å². The number of amides is 1. The molecule has 2 saturated carbocycles. The standard InChI is InChI=1S/C10H18N2O2/c11-8-2-1-7(5-8)9(14)12-10(6-13)3-4-10/h7-8,13H,1-6,11H2,(H,12,14). The van der Waals surface area contributed by atoms with Crippen LogP contribution in [0.25, 0.3) is 0 Å². The fraction of sp³-hybridized carbons (Fsp3) is 0.900. The summed E-state index contributed by atoms with van der Waals surface area (Å²) in [6.07, 6.45) is 4.47. The summed E-state index contributed by atoms with van der Waals surface area (Å²) in [5, 5.41) is 12.0. The molecule has 0 heterocycles. The second kappa shape index (κ2) is 3.51. The summed E-state index contributed by atoms with van der Waals surface area (Å²) in [5.74, 6) is 0.165. The Hall–Kier alpha value is -0.610. The number of hydrogen-bond acceptors (Lipinski definition) is 3. The molecule has 0 aliphatic heterocycles. The summed E-state index contributed by atoms with van der Waals surface area (Å²) < 4.78 is 0. The van der Waals surface area contributed by atoms with Gasteiger partial charge in [0, 0.05) is 12.0 Å². The van der Waals surface area contributed by atoms with Gasteiger partial charge in [-0.1, -0.05) is 0 Å². The SMILES string of the molecule is NC1CCC(C(=O)NC2(CO)CC2)C1. The summed E-state index contributed by atoms with van der Waals surface area (Å²) >= 11 is 0. The molecule has 0 saturated heterocycles. The van der Waals surface area contributed by atoms with Gasteiger partial charge >= 0.3 is 0 Å². The van der Waals surface area contributed by atoms with Crippen molar-refractivity contribution < 1.29 is 9.90 Å². The van der Waals surface area contributed by atoms with Gasteiger partial charge in [-0.3, -0.25) is 4.79 Å². The molecular formula is C10H18N2O2. The molecule has 2 fully saturated rings. The van der Waals surface area contributed by atoms with Gasteiger partial charge in [-0.2, -0.15) is 0 Å². The molecule has 0 radical (unpaired) electrons. The highest BCUT2D eigenvalue weighted by molar-refractivity contribution is 5.80. The predicted molar refractivity (Wildman–Crippen MR) is 52.5 cm³/mol. The number of rotatable bonds is 3. The largest absolute Gasteiger partial charge is 0.394 e. The van der Waals surface area contributed by atoms with Crippen molar-refractivity contribution in [3.8, 4) is 0 Å². The Balaban J connectivity index is 1.84. The first-order chi connectivity index (χ1) is 6.65. The van der Waals surface area contributed by atoms with E-state index in [2.05, 4.69) is 5.32 Å². The molecule has 0 spiro atoms. The summed E-state index contributed by atoms with van der Waals surface area (Å²) in [6.45, 7) is 0.0670. The van der Waals surface area contributed by atoms with Gasteiger partial charge in [0.15, 0.2) is 0 Å². The zero-order valence-electron chi connectivity index (χ0n) is 8.33. The lowest BCUT2D eigenvalue weighted by molar-refractivity contribution is -0.126. The van der Waals surface area contributed by atoms with E-state index >= 15 is 0 Å². The molecule has 0 aromatic carbocycles. The van der Waals surface area contributed by atoms with Crippen LogP contribution in [0.3, 0.4) is 0 Å². The van der Waals surface area contributed by atoms with Crippen molar-refractivity contribution in [1.82, 2.24) is 5.32 Å². The first kappa shape index (κ1) is 9.93. The summed E-state index contributed by atoms with van der Waals surface area (Å²) in [7, 11) is 0. The van der Waals surface area contributed by atoms with Crippen LogP contribution in [0.15, 0.2) is 0 Å². The number of carbonyl (C=O) groups is 1. The van der Waals surface area contributed by atoms with Gasteiger partial charge in [0.1, 0.15) is 0 Å². The average molecular weight is 198 g/mol. The average Bonchev–Trinajstić information content (AvgIpc) is 2.80. The number of aliphatic hydroxyl groups excluding tert-OH is 1. The van der Waals surface area contributed by atoms with Crippen LogP contribution in [-0.2, 0) is 4.79 Å². The minimum Gasteiger partial charge on any atom is -0.394 e. The third kappa shape index (κ3) is 1.91. The number of aliphatic hydroxyl groups is 1. The highest BCUT2D eigenvalue weighted by Crippen LogP contribution is 2.35. The minimum atomic E-state index is -0.274. The summed E-state index contributed by atoms with van der Waals surface area (Å²) in [4.78, 5) is 11.7. The van der Waals surface area contributed by atoms with Crippen molar-refractivity contribution in [3.05, 3.63) is 0 Å². The minimum absolute atomic E-state index is 0.0670. The van der Waals surface area contributed by atoms with Crippen molar-refractivity contribution in [2.24, 2.45) is 11.7 Å². The van der Waals surface area contributed by atoms with Crippen molar-refractivity contribution in [2.75, 3.05) is 6.61 Å². The number of nitrogens with one attached hydrogen (secondary N) is 1. The predicted octanol–water partition coefficient (Wildman–Crippen LogP) is -0.245. The fourth-order valence-electron chi connectivity index (χ4n) is 2.09. The summed E-state index contributed by atoms with van der Waals surface area (Å²) in [5.41, 5.74) is 5.47. The summed E-state index contributed by atoms with van der Waals surface area (Å²) in [6, 6.07) is 0.190. The van der Waals surface area contributed by atoms with Crippen LogP contribution in [-0.4, -0.2) is 29.2 Å². The van der Waals surface area contributed by atoms with E-state index < -0.39 is 0 Å². The van der Waals surface area contributed by atoms with E-state index in [0.717, 1.165) is 32.1 Å². The molecule has 0 aromatic heterocycles. The lowest BCUT2D eigenvalue weighted by Crippen LogP contribution is -2.42. The van der Waals surface area contributed by atoms with Crippen LogP contribution in [0.1, 0.15) is 32.1 Å². The second-order valence-electron chi connectivity index (χ2n) is 4.70. The third-order valence-electron chi connectivity index (χ3n) is 3.39. The van der Waals surface area contributed by atoms with Gasteiger partial charge in [0.25, 0.3) is 0 Å². The first-order valence-corrected chi connectivity index (χ1v) is 5.34. The molecule has 0 bridgehead atoms. The van der Waals surface area contributed by atoms with Crippen LogP contribution in [0.4, 0.5) is 0 Å². The Bertz CT molecular complexity index is 238. The highest BCUT2D eigenvalue weighted by Gasteiger charge is 2.44. The molecule has 2 rings (SSSR count). The highest BCUT2D eigenvalue weighted by atomic mass is 16.3. The van der Waals surface area contributed by atoms with Crippen LogP contribution in [0.5, 0.6) is 0 Å². The molecule has 0 aromatic rings. The van der Waals surface area contributed by atoms with E-state index in [-0.39, 0.29) is 30.0 Å². The van der Waals surface area contributed by atoms with Gasteiger partial charge in [0.05, 0.1) is 12.1 Å². The Morgan fingerprint density at radius 3 is 2.64 bits per heavy atom. The van der Waals surface area contributed by atoms with E-state index in [1.165, 1.54) is 0 Å². The third-order valence-corrected chi connectivity index (χ3v) is 3.39. The molecule has 80 valence electrons. The fourth-order valence-corrected chi connectivity index (χ4v) is 2.09. The molecule has 2 unspecified atom stereocenters. The second-order valence-corrected chi connectivity index (χ2v) is 4.70. The molecule has 14 heavy (non-hydrogen) atoms. The van der Waals surface area contributed by atoms with E-state index in [9.17, 15) is 4.79 Å². The van der Waals surface area contributed by atoms with Gasteiger partial charge in [0.2, 0.25) is 5.91 Å². The molecular weight excluding hydrogens is 180 g/mol. The molecule has 2 atom stereocenters. The van der Waals surface area contributed by atoms with Crippen LogP contribution in [0, 0.1) is 5.92 Å². The molecule has 1 amide bonds. The van der Waals surface area contributed by atoms with Gasteiger partial charge in [-0.25, -0.2) is 0 Å². The smallest absolute Gasteiger partial charge is 0.223 e. The topological polar surface area (TPSA) is 75.4 Å². The van der Waals surface area contributed by atoms with Crippen LogP contribution >= 0.6 is 0 Å². The quantitative estimate of drug-likeness (QED) is 0.585. The molecule has 2 aliphatic rings. The molecule has 4 nitrogen and oxygen atoms in total. The van der Waals surface area contributed by atoms with Gasteiger partial charge in [-0.15, -0.1) is 0 Å². The zero-order chi connectivity index (χ0) is 10.2. The maximum absolute atomic E-state index is 11.7. The Morgan fingerprint density at radius 1 is 1.50 bits per heavy atom. The maximum atomic E-state index is 11.7. The lowest BCUT2D eigenvalue weighted by atomic mass is 10.1. The van der Waals surface area contributed by atoms with Crippen LogP contribution < -0.4 is 11.1 Å². The van der Waals surface area contributed by atoms with Gasteiger partial charge < -0.3 is 16.2 Å². The lowest BCUT2D eigenvalue weighted by Gasteiger charge is -2.17. The monoisotopic (exact) mass is 198 g/mol.